The Balaban J connectivity index is 0.00000162. The summed E-state index contributed by atoms with van der Waals surface area (Å²) >= 11 is 0. The number of nitrogens with two attached hydrogens (primary N) is 1. The lowest BCUT2D eigenvalue weighted by molar-refractivity contribution is 0.128. The van der Waals surface area contributed by atoms with Gasteiger partial charge in [0.1, 0.15) is 0 Å². The van der Waals surface area contributed by atoms with E-state index >= 15 is 0 Å². The molecule has 1 aromatic rings. The molecule has 2 N–H and O–H groups in total. The molecule has 0 aromatic heterocycles. The summed E-state index contributed by atoms with van der Waals surface area (Å²) in [5.41, 5.74) is 7.10. The summed E-state index contributed by atoms with van der Waals surface area (Å²) in [6.45, 7) is 5.60. The summed E-state index contributed by atoms with van der Waals surface area (Å²) in [5, 5.41) is 0. The molecule has 1 aromatic carbocycles. The molecule has 102 valence electrons. The normalized spacial score (nSPS) is 22.2. The maximum atomic E-state index is 5.67. The Labute approximate surface area is 117 Å². The van der Waals surface area contributed by atoms with Gasteiger partial charge in [0.15, 0.2) is 0 Å². The molecule has 0 aliphatic carbocycles. The first kappa shape index (κ1) is 15.5. The lowest BCUT2D eigenvalue weighted by Gasteiger charge is -2.37. The molecule has 2 nitrogen and oxygen atoms in total. The average Bonchev–Trinajstić information content (AvgIpc) is 2.40. The van der Waals surface area contributed by atoms with Crippen molar-refractivity contribution in [3.05, 3.63) is 35.9 Å². The van der Waals surface area contributed by atoms with Crippen LogP contribution in [-0.2, 0) is 0 Å². The lowest BCUT2D eigenvalue weighted by atomic mass is 9.93. The van der Waals surface area contributed by atoms with Gasteiger partial charge in [0.25, 0.3) is 0 Å². The molecule has 1 aliphatic rings. The summed E-state index contributed by atoms with van der Waals surface area (Å²) in [4.78, 5) is 2.61. The highest BCUT2D eigenvalue weighted by Gasteiger charge is 2.23. The molecule has 1 fully saturated rings. The summed E-state index contributed by atoms with van der Waals surface area (Å²) in [7, 11) is 0. The third-order valence-electron chi connectivity index (χ3n) is 3.96. The molecule has 0 radical (unpaired) electrons. The number of rotatable bonds is 4. The van der Waals surface area contributed by atoms with E-state index in [1.807, 2.05) is 0 Å². The second kappa shape index (κ2) is 7.78. The summed E-state index contributed by atoms with van der Waals surface area (Å²) in [5.74, 6) is 0.805. The van der Waals surface area contributed by atoms with E-state index in [0.717, 1.165) is 12.5 Å². The standard InChI is InChI=1S/C15H24N2.ClH/c1-13(15-7-3-2-4-8-15)17-11-5-6-14(12-17)9-10-16;/h2-4,7-8,13-14H,5-6,9-12,16H2,1H3;1H. The van der Waals surface area contributed by atoms with Crippen molar-refractivity contribution in [1.82, 2.24) is 4.90 Å². The molecule has 3 heteroatoms. The van der Waals surface area contributed by atoms with Crippen LogP contribution in [0.15, 0.2) is 30.3 Å². The van der Waals surface area contributed by atoms with Crippen LogP contribution in [0.25, 0.3) is 0 Å². The summed E-state index contributed by atoms with van der Waals surface area (Å²) < 4.78 is 0. The van der Waals surface area contributed by atoms with Gasteiger partial charge in [-0.15, -0.1) is 12.4 Å². The number of hydrogen-bond donors (Lipinski definition) is 1. The molecule has 1 heterocycles. The van der Waals surface area contributed by atoms with Gasteiger partial charge in [-0.3, -0.25) is 4.90 Å². The highest BCUT2D eigenvalue weighted by Crippen LogP contribution is 2.27. The third kappa shape index (κ3) is 3.98. The van der Waals surface area contributed by atoms with Crippen LogP contribution in [0.3, 0.4) is 0 Å². The second-order valence-corrected chi connectivity index (χ2v) is 5.17. The zero-order valence-corrected chi connectivity index (χ0v) is 12.0. The number of benzene rings is 1. The second-order valence-electron chi connectivity index (χ2n) is 5.17. The van der Waals surface area contributed by atoms with Crippen molar-refractivity contribution in [2.24, 2.45) is 11.7 Å². The molecular weight excluding hydrogens is 244 g/mol. The van der Waals surface area contributed by atoms with Crippen LogP contribution >= 0.6 is 12.4 Å². The lowest BCUT2D eigenvalue weighted by Crippen LogP contribution is -2.37. The molecule has 18 heavy (non-hydrogen) atoms. The smallest absolute Gasteiger partial charge is 0.0319 e. The fraction of sp³-hybridized carbons (Fsp3) is 0.600. The Morgan fingerprint density at radius 1 is 1.33 bits per heavy atom. The van der Waals surface area contributed by atoms with Crippen LogP contribution in [0.4, 0.5) is 0 Å². The number of nitrogens with zero attached hydrogens (tertiary/aromatic N) is 1. The molecule has 1 aliphatic heterocycles. The Bertz CT molecular complexity index is 327. The molecule has 0 amide bonds. The van der Waals surface area contributed by atoms with E-state index in [-0.39, 0.29) is 12.4 Å². The Kier molecular flexibility index (Phi) is 6.69. The molecule has 2 rings (SSSR count). The minimum absolute atomic E-state index is 0. The Morgan fingerprint density at radius 3 is 2.72 bits per heavy atom. The monoisotopic (exact) mass is 268 g/mol. The van der Waals surface area contributed by atoms with Gasteiger partial charge < -0.3 is 5.73 Å². The van der Waals surface area contributed by atoms with E-state index in [1.165, 1.54) is 37.9 Å². The number of likely N-dealkylation sites (tertiary alicyclic amines) is 1. The van der Waals surface area contributed by atoms with Crippen LogP contribution in [0.5, 0.6) is 0 Å². The highest BCUT2D eigenvalue weighted by atomic mass is 35.5. The van der Waals surface area contributed by atoms with E-state index in [0.29, 0.717) is 6.04 Å². The zero-order chi connectivity index (χ0) is 12.1. The van der Waals surface area contributed by atoms with Crippen LogP contribution in [0, 0.1) is 5.92 Å². The molecule has 0 bridgehead atoms. The van der Waals surface area contributed by atoms with Gasteiger partial charge in [-0.2, -0.15) is 0 Å². The van der Waals surface area contributed by atoms with Crippen molar-refractivity contribution in [3.63, 3.8) is 0 Å². The fourth-order valence-electron chi connectivity index (χ4n) is 2.86. The minimum atomic E-state index is 0. The van der Waals surface area contributed by atoms with Gasteiger partial charge >= 0.3 is 0 Å². The van der Waals surface area contributed by atoms with E-state index in [2.05, 4.69) is 42.2 Å². The number of halogens is 1. The van der Waals surface area contributed by atoms with Gasteiger partial charge in [-0.1, -0.05) is 30.3 Å². The van der Waals surface area contributed by atoms with Gasteiger partial charge in [-0.05, 0) is 50.8 Å². The van der Waals surface area contributed by atoms with Gasteiger partial charge in [0.2, 0.25) is 0 Å². The molecular formula is C15H25ClN2. The van der Waals surface area contributed by atoms with Crippen LogP contribution < -0.4 is 5.73 Å². The SMILES string of the molecule is CC(c1ccccc1)N1CCCC(CCN)C1.Cl. The topological polar surface area (TPSA) is 29.3 Å². The van der Waals surface area contributed by atoms with Gasteiger partial charge in [-0.25, -0.2) is 0 Å². The van der Waals surface area contributed by atoms with Crippen molar-refractivity contribution in [2.75, 3.05) is 19.6 Å². The summed E-state index contributed by atoms with van der Waals surface area (Å²) in [6, 6.07) is 11.4. The molecule has 0 saturated carbocycles. The quantitative estimate of drug-likeness (QED) is 0.909. The first-order valence-electron chi connectivity index (χ1n) is 6.80. The summed E-state index contributed by atoms with van der Waals surface area (Å²) in [6.07, 6.45) is 3.86. The highest BCUT2D eigenvalue weighted by molar-refractivity contribution is 5.85. The van der Waals surface area contributed by atoms with Gasteiger partial charge in [0, 0.05) is 12.6 Å². The van der Waals surface area contributed by atoms with Crippen molar-refractivity contribution in [2.45, 2.75) is 32.2 Å². The van der Waals surface area contributed by atoms with E-state index in [9.17, 15) is 0 Å². The van der Waals surface area contributed by atoms with E-state index < -0.39 is 0 Å². The predicted octanol–water partition coefficient (Wildman–Crippen LogP) is 3.23. The van der Waals surface area contributed by atoms with E-state index in [4.69, 9.17) is 5.73 Å². The fourth-order valence-corrected chi connectivity index (χ4v) is 2.86. The van der Waals surface area contributed by atoms with Crippen LogP contribution in [0.1, 0.15) is 37.8 Å². The minimum Gasteiger partial charge on any atom is -0.330 e. The first-order valence-corrected chi connectivity index (χ1v) is 6.80. The maximum Gasteiger partial charge on any atom is 0.0319 e. The molecule has 0 spiro atoms. The van der Waals surface area contributed by atoms with Crippen molar-refractivity contribution in [3.8, 4) is 0 Å². The van der Waals surface area contributed by atoms with Gasteiger partial charge in [0.05, 0.1) is 0 Å². The van der Waals surface area contributed by atoms with Crippen LogP contribution in [-0.4, -0.2) is 24.5 Å². The first-order chi connectivity index (χ1) is 8.31. The van der Waals surface area contributed by atoms with Crippen molar-refractivity contribution >= 4 is 12.4 Å². The third-order valence-corrected chi connectivity index (χ3v) is 3.96. The van der Waals surface area contributed by atoms with E-state index in [1.54, 1.807) is 0 Å². The Morgan fingerprint density at radius 2 is 2.06 bits per heavy atom. The predicted molar refractivity (Wildman–Crippen MR) is 80.1 cm³/mol. The van der Waals surface area contributed by atoms with Crippen LogP contribution in [0.2, 0.25) is 0 Å². The number of piperidine rings is 1. The van der Waals surface area contributed by atoms with Crippen molar-refractivity contribution in [1.29, 1.82) is 0 Å². The molecule has 1 saturated heterocycles. The average molecular weight is 269 g/mol. The molecule has 2 unspecified atom stereocenters. The Hall–Kier alpha value is -0.570. The molecule has 2 atom stereocenters. The zero-order valence-electron chi connectivity index (χ0n) is 11.2. The van der Waals surface area contributed by atoms with Crippen molar-refractivity contribution < 1.29 is 0 Å². The largest absolute Gasteiger partial charge is 0.330 e. The number of hydrogen-bond acceptors (Lipinski definition) is 2. The maximum absolute atomic E-state index is 5.67.